The number of rotatable bonds is 4. The van der Waals surface area contributed by atoms with Gasteiger partial charge in [0.2, 0.25) is 0 Å². The fourth-order valence-electron chi connectivity index (χ4n) is 4.85. The highest BCUT2D eigenvalue weighted by Crippen LogP contribution is 2.28. The molecule has 7 nitrogen and oxygen atoms in total. The summed E-state index contributed by atoms with van der Waals surface area (Å²) in [5, 5.41) is 6.61. The Labute approximate surface area is 167 Å². The molecule has 1 aromatic rings. The third-order valence-corrected chi connectivity index (χ3v) is 6.25. The molecule has 2 N–H and O–H groups in total. The second kappa shape index (κ2) is 8.09. The average molecular weight is 386 g/mol. The molecule has 1 aromatic carbocycles. The van der Waals surface area contributed by atoms with Gasteiger partial charge >= 0.3 is 6.03 Å². The Bertz CT molecular complexity index is 731. The van der Waals surface area contributed by atoms with E-state index >= 15 is 0 Å². The van der Waals surface area contributed by atoms with Gasteiger partial charge in [-0.1, -0.05) is 12.1 Å². The molecule has 3 heterocycles. The molecule has 0 aliphatic carbocycles. The van der Waals surface area contributed by atoms with Gasteiger partial charge in [0, 0.05) is 45.3 Å². The quantitative estimate of drug-likeness (QED) is 0.815. The van der Waals surface area contributed by atoms with E-state index in [0.717, 1.165) is 63.1 Å². The summed E-state index contributed by atoms with van der Waals surface area (Å²) in [6.07, 6.45) is 3.10. The van der Waals surface area contributed by atoms with Gasteiger partial charge in [0.05, 0.1) is 12.1 Å². The molecular formula is C21H31N5O2. The summed E-state index contributed by atoms with van der Waals surface area (Å²) >= 11 is 0. The van der Waals surface area contributed by atoms with Crippen molar-refractivity contribution < 1.29 is 9.59 Å². The van der Waals surface area contributed by atoms with Crippen molar-refractivity contribution in [3.63, 3.8) is 0 Å². The lowest BCUT2D eigenvalue weighted by Crippen LogP contribution is -2.53. The number of fused-ring (bicyclic) bond motifs is 1. The maximum atomic E-state index is 12.6. The Morgan fingerprint density at radius 2 is 2.00 bits per heavy atom. The van der Waals surface area contributed by atoms with Crippen LogP contribution in [0.2, 0.25) is 0 Å². The molecule has 0 radical (unpaired) electrons. The number of carbonyl (C=O) groups excluding carboxylic acids is 2. The van der Waals surface area contributed by atoms with Crippen molar-refractivity contribution in [3.8, 4) is 0 Å². The second-order valence-corrected chi connectivity index (χ2v) is 8.44. The van der Waals surface area contributed by atoms with Gasteiger partial charge in [0.15, 0.2) is 0 Å². The van der Waals surface area contributed by atoms with Crippen molar-refractivity contribution >= 4 is 11.9 Å². The molecule has 3 aliphatic heterocycles. The first kappa shape index (κ1) is 19.2. The van der Waals surface area contributed by atoms with Gasteiger partial charge in [-0.25, -0.2) is 4.79 Å². The van der Waals surface area contributed by atoms with Crippen LogP contribution in [0.5, 0.6) is 0 Å². The van der Waals surface area contributed by atoms with Crippen molar-refractivity contribution in [3.05, 3.63) is 35.4 Å². The van der Waals surface area contributed by atoms with E-state index in [9.17, 15) is 9.59 Å². The minimum absolute atomic E-state index is 0.0289. The number of carbonyl (C=O) groups is 2. The molecule has 28 heavy (non-hydrogen) atoms. The van der Waals surface area contributed by atoms with Crippen molar-refractivity contribution in [2.45, 2.75) is 43.9 Å². The normalized spacial score (nSPS) is 26.1. The molecular weight excluding hydrogens is 354 g/mol. The lowest BCUT2D eigenvalue weighted by atomic mass is 9.95. The lowest BCUT2D eigenvalue weighted by Gasteiger charge is -2.40. The number of likely N-dealkylation sites (tertiary alicyclic amines) is 1. The maximum Gasteiger partial charge on any atom is 0.318 e. The molecule has 2 atom stereocenters. The summed E-state index contributed by atoms with van der Waals surface area (Å²) in [5.74, 6) is 0.0289. The molecule has 0 aromatic heterocycles. The third-order valence-electron chi connectivity index (χ3n) is 6.25. The van der Waals surface area contributed by atoms with Crippen molar-refractivity contribution in [1.29, 1.82) is 0 Å². The van der Waals surface area contributed by atoms with Crippen LogP contribution >= 0.6 is 0 Å². The van der Waals surface area contributed by atoms with Crippen LogP contribution in [0.1, 0.15) is 35.2 Å². The number of nitrogens with one attached hydrogen (secondary N) is 2. The van der Waals surface area contributed by atoms with Gasteiger partial charge in [-0.05, 0) is 50.0 Å². The van der Waals surface area contributed by atoms with E-state index in [1.165, 1.54) is 0 Å². The highest BCUT2D eigenvalue weighted by Gasteiger charge is 2.45. The van der Waals surface area contributed by atoms with Crippen LogP contribution in [-0.4, -0.2) is 85.0 Å². The number of amides is 3. The topological polar surface area (TPSA) is 67.9 Å². The number of hydrogen-bond acceptors (Lipinski definition) is 4. The van der Waals surface area contributed by atoms with Gasteiger partial charge in [0.25, 0.3) is 5.91 Å². The minimum Gasteiger partial charge on any atom is -0.345 e. The summed E-state index contributed by atoms with van der Waals surface area (Å²) in [7, 11) is 3.55. The molecule has 3 amide bonds. The van der Waals surface area contributed by atoms with E-state index < -0.39 is 0 Å². The van der Waals surface area contributed by atoms with E-state index in [1.807, 2.05) is 18.2 Å². The van der Waals surface area contributed by atoms with Crippen LogP contribution in [0.15, 0.2) is 24.3 Å². The summed E-state index contributed by atoms with van der Waals surface area (Å²) in [5.41, 5.74) is 1.87. The van der Waals surface area contributed by atoms with Crippen LogP contribution in [0.25, 0.3) is 0 Å². The smallest absolute Gasteiger partial charge is 0.318 e. The van der Waals surface area contributed by atoms with Crippen LogP contribution in [-0.2, 0) is 6.54 Å². The van der Waals surface area contributed by atoms with Gasteiger partial charge in [0.1, 0.15) is 0 Å². The summed E-state index contributed by atoms with van der Waals surface area (Å²) < 4.78 is 0. The van der Waals surface area contributed by atoms with E-state index in [-0.39, 0.29) is 18.0 Å². The van der Waals surface area contributed by atoms with E-state index in [2.05, 4.69) is 26.5 Å². The van der Waals surface area contributed by atoms with Gasteiger partial charge in [-0.3, -0.25) is 9.69 Å². The maximum absolute atomic E-state index is 12.6. The molecule has 3 fully saturated rings. The standard InChI is InChI=1S/C21H31N5O2/c1-24(2)20(27)16-5-3-4-15(12-16)13-25-11-8-19-18(14-25)23-21(28)26(19)17-6-9-22-10-7-17/h3-5,12,17-19,22H,6-11,13-14H2,1-2H3,(H,23,28). The Kier molecular flexibility index (Phi) is 5.55. The molecule has 4 rings (SSSR count). The number of hydrogen-bond donors (Lipinski definition) is 2. The first-order valence-corrected chi connectivity index (χ1v) is 10.4. The van der Waals surface area contributed by atoms with Gasteiger partial charge < -0.3 is 20.4 Å². The third kappa shape index (κ3) is 3.86. The average Bonchev–Trinajstić information content (AvgIpc) is 3.03. The molecule has 152 valence electrons. The molecule has 0 spiro atoms. The van der Waals surface area contributed by atoms with E-state index in [4.69, 9.17) is 0 Å². The van der Waals surface area contributed by atoms with E-state index in [0.29, 0.717) is 12.1 Å². The summed E-state index contributed by atoms with van der Waals surface area (Å²) in [6, 6.07) is 8.88. The van der Waals surface area contributed by atoms with Crippen molar-refractivity contribution in [2.24, 2.45) is 0 Å². The monoisotopic (exact) mass is 385 g/mol. The lowest BCUT2D eigenvalue weighted by molar-refractivity contribution is 0.0827. The Morgan fingerprint density at radius 3 is 2.75 bits per heavy atom. The Morgan fingerprint density at radius 1 is 1.21 bits per heavy atom. The number of urea groups is 1. The highest BCUT2D eigenvalue weighted by molar-refractivity contribution is 5.94. The molecule has 0 bridgehead atoms. The van der Waals surface area contributed by atoms with E-state index in [1.54, 1.807) is 19.0 Å². The second-order valence-electron chi connectivity index (χ2n) is 8.44. The minimum atomic E-state index is 0.0289. The number of benzene rings is 1. The molecule has 2 unspecified atom stereocenters. The van der Waals surface area contributed by atoms with Crippen LogP contribution < -0.4 is 10.6 Å². The Hall–Kier alpha value is -2.12. The fraction of sp³-hybridized carbons (Fsp3) is 0.619. The number of nitrogens with zero attached hydrogens (tertiary/aromatic N) is 3. The Balaban J connectivity index is 1.39. The molecule has 0 saturated carbocycles. The fourth-order valence-corrected chi connectivity index (χ4v) is 4.85. The SMILES string of the molecule is CN(C)C(=O)c1cccc(CN2CCC3C(C2)NC(=O)N3C2CCNCC2)c1. The molecule has 3 aliphatic rings. The highest BCUT2D eigenvalue weighted by atomic mass is 16.2. The summed E-state index contributed by atoms with van der Waals surface area (Å²) in [6.45, 7) is 4.65. The largest absolute Gasteiger partial charge is 0.345 e. The van der Waals surface area contributed by atoms with Gasteiger partial charge in [-0.15, -0.1) is 0 Å². The molecule has 7 heteroatoms. The van der Waals surface area contributed by atoms with Crippen LogP contribution in [0.3, 0.4) is 0 Å². The zero-order chi connectivity index (χ0) is 19.7. The van der Waals surface area contributed by atoms with Gasteiger partial charge in [-0.2, -0.15) is 0 Å². The predicted octanol–water partition coefficient (Wildman–Crippen LogP) is 1.11. The number of piperidine rings is 2. The zero-order valence-corrected chi connectivity index (χ0v) is 16.9. The predicted molar refractivity (Wildman–Crippen MR) is 108 cm³/mol. The van der Waals surface area contributed by atoms with Crippen molar-refractivity contribution in [2.75, 3.05) is 40.3 Å². The zero-order valence-electron chi connectivity index (χ0n) is 16.9. The molecule has 3 saturated heterocycles. The summed E-state index contributed by atoms with van der Waals surface area (Å²) in [4.78, 5) is 31.0. The van der Waals surface area contributed by atoms with Crippen LogP contribution in [0, 0.1) is 0 Å². The van der Waals surface area contributed by atoms with Crippen molar-refractivity contribution in [1.82, 2.24) is 25.3 Å². The van der Waals surface area contributed by atoms with Crippen LogP contribution in [0.4, 0.5) is 4.79 Å². The first-order valence-electron chi connectivity index (χ1n) is 10.4. The first-order chi connectivity index (χ1) is 13.5.